The minimum absolute atomic E-state index is 0.159. The second kappa shape index (κ2) is 5.21. The van der Waals surface area contributed by atoms with Gasteiger partial charge in [0.15, 0.2) is 5.69 Å². The third-order valence-corrected chi connectivity index (χ3v) is 2.97. The molecule has 0 spiro atoms. The maximum atomic E-state index is 12.3. The molecule has 0 unspecified atom stereocenters. The number of thioether (sulfide) groups is 1. The van der Waals surface area contributed by atoms with Gasteiger partial charge in [-0.3, -0.25) is 0 Å². The average molecular weight is 246 g/mol. The van der Waals surface area contributed by atoms with Crippen LogP contribution in [0.3, 0.4) is 0 Å². The molecule has 2 nitrogen and oxygen atoms in total. The minimum atomic E-state index is -4.50. The summed E-state index contributed by atoms with van der Waals surface area (Å²) in [5.74, 6) is 0.752. The molecule has 1 rings (SSSR count). The van der Waals surface area contributed by atoms with E-state index in [1.807, 2.05) is 6.92 Å². The molecule has 1 aromatic rings. The van der Waals surface area contributed by atoms with Crippen LogP contribution in [0.1, 0.15) is 24.7 Å². The molecular weight excluding hydrogens is 237 g/mol. The van der Waals surface area contributed by atoms with Crippen molar-refractivity contribution in [2.45, 2.75) is 24.4 Å². The molecule has 0 fully saturated rings. The molecule has 16 heavy (non-hydrogen) atoms. The third kappa shape index (κ3) is 3.14. The normalized spacial score (nSPS) is 11.2. The van der Waals surface area contributed by atoms with Crippen LogP contribution in [-0.2, 0) is 6.18 Å². The minimum Gasteiger partial charge on any atom is -0.231 e. The largest absolute Gasteiger partial charge is 0.433 e. The highest BCUT2D eigenvalue weighted by Crippen LogP contribution is 2.30. The van der Waals surface area contributed by atoms with Crippen molar-refractivity contribution in [2.24, 2.45) is 0 Å². The fraction of sp³-hybridized carbons (Fsp3) is 0.400. The Labute approximate surface area is 95.5 Å². The molecule has 0 amide bonds. The van der Waals surface area contributed by atoms with Crippen LogP contribution < -0.4 is 0 Å². The van der Waals surface area contributed by atoms with Gasteiger partial charge in [-0.2, -0.15) is 18.4 Å². The number of rotatable bonds is 3. The number of alkyl halides is 3. The SMILES string of the molecule is CCCSc1ccc(C(F)(F)F)nc1C#N. The molecule has 0 aliphatic carbocycles. The van der Waals surface area contributed by atoms with E-state index in [9.17, 15) is 13.2 Å². The van der Waals surface area contributed by atoms with E-state index in [-0.39, 0.29) is 5.69 Å². The van der Waals surface area contributed by atoms with Crippen molar-refractivity contribution in [2.75, 3.05) is 5.75 Å². The molecule has 0 aliphatic heterocycles. The van der Waals surface area contributed by atoms with Crippen LogP contribution >= 0.6 is 11.8 Å². The van der Waals surface area contributed by atoms with Crippen molar-refractivity contribution in [3.05, 3.63) is 23.5 Å². The van der Waals surface area contributed by atoms with E-state index in [1.165, 1.54) is 17.8 Å². The zero-order chi connectivity index (χ0) is 12.2. The highest BCUT2D eigenvalue weighted by atomic mass is 32.2. The quantitative estimate of drug-likeness (QED) is 0.766. The molecule has 1 heterocycles. The van der Waals surface area contributed by atoms with E-state index in [0.29, 0.717) is 4.90 Å². The molecule has 0 bridgehead atoms. The third-order valence-electron chi connectivity index (χ3n) is 1.72. The van der Waals surface area contributed by atoms with Gasteiger partial charge in [-0.05, 0) is 24.3 Å². The Bertz CT molecular complexity index is 410. The van der Waals surface area contributed by atoms with Gasteiger partial charge in [0.05, 0.1) is 0 Å². The number of hydrogen-bond acceptors (Lipinski definition) is 3. The van der Waals surface area contributed by atoms with Crippen molar-refractivity contribution in [3.8, 4) is 6.07 Å². The Hall–Kier alpha value is -1.22. The van der Waals surface area contributed by atoms with Gasteiger partial charge in [-0.15, -0.1) is 11.8 Å². The van der Waals surface area contributed by atoms with Crippen molar-refractivity contribution in [1.29, 1.82) is 5.26 Å². The molecule has 0 N–H and O–H groups in total. The molecule has 0 saturated heterocycles. The van der Waals surface area contributed by atoms with Crippen LogP contribution in [-0.4, -0.2) is 10.7 Å². The van der Waals surface area contributed by atoms with Crippen LogP contribution in [0.5, 0.6) is 0 Å². The highest BCUT2D eigenvalue weighted by molar-refractivity contribution is 7.99. The lowest BCUT2D eigenvalue weighted by Gasteiger charge is -2.07. The van der Waals surface area contributed by atoms with E-state index >= 15 is 0 Å². The Balaban J connectivity index is 3.04. The van der Waals surface area contributed by atoms with Crippen molar-refractivity contribution < 1.29 is 13.2 Å². The fourth-order valence-electron chi connectivity index (χ4n) is 1.01. The Morgan fingerprint density at radius 3 is 2.62 bits per heavy atom. The molecule has 0 radical (unpaired) electrons. The van der Waals surface area contributed by atoms with Crippen LogP contribution in [0.25, 0.3) is 0 Å². The molecule has 0 aliphatic rings. The summed E-state index contributed by atoms with van der Waals surface area (Å²) in [6.45, 7) is 1.95. The van der Waals surface area contributed by atoms with E-state index in [4.69, 9.17) is 5.26 Å². The van der Waals surface area contributed by atoms with E-state index in [2.05, 4.69) is 4.98 Å². The van der Waals surface area contributed by atoms with Crippen LogP contribution in [0.4, 0.5) is 13.2 Å². The number of aromatic nitrogens is 1. The number of pyridine rings is 1. The number of halogens is 3. The molecular formula is C10H9F3N2S. The maximum Gasteiger partial charge on any atom is 0.433 e. The van der Waals surface area contributed by atoms with E-state index < -0.39 is 11.9 Å². The van der Waals surface area contributed by atoms with Gasteiger partial charge in [0.1, 0.15) is 11.8 Å². The second-order valence-electron chi connectivity index (χ2n) is 3.00. The summed E-state index contributed by atoms with van der Waals surface area (Å²) in [7, 11) is 0. The summed E-state index contributed by atoms with van der Waals surface area (Å²) in [5.41, 5.74) is -1.18. The topological polar surface area (TPSA) is 36.7 Å². The number of nitrogens with zero attached hydrogens (tertiary/aromatic N) is 2. The van der Waals surface area contributed by atoms with Gasteiger partial charge >= 0.3 is 6.18 Å². The summed E-state index contributed by atoms with van der Waals surface area (Å²) in [5, 5.41) is 8.71. The first-order valence-corrected chi connectivity index (χ1v) is 5.58. The lowest BCUT2D eigenvalue weighted by Crippen LogP contribution is -2.09. The summed E-state index contributed by atoms with van der Waals surface area (Å²) < 4.78 is 36.9. The van der Waals surface area contributed by atoms with Crippen molar-refractivity contribution >= 4 is 11.8 Å². The lowest BCUT2D eigenvalue weighted by molar-refractivity contribution is -0.141. The molecule has 6 heteroatoms. The summed E-state index contributed by atoms with van der Waals surface area (Å²) in [6, 6.07) is 3.89. The Morgan fingerprint density at radius 1 is 1.44 bits per heavy atom. The van der Waals surface area contributed by atoms with Gasteiger partial charge in [0.25, 0.3) is 0 Å². The predicted octanol–water partition coefficient (Wildman–Crippen LogP) is 3.47. The smallest absolute Gasteiger partial charge is 0.231 e. The average Bonchev–Trinajstić information content (AvgIpc) is 2.24. The lowest BCUT2D eigenvalue weighted by atomic mass is 10.3. The van der Waals surface area contributed by atoms with E-state index in [0.717, 1.165) is 18.2 Å². The Morgan fingerprint density at radius 2 is 2.12 bits per heavy atom. The van der Waals surface area contributed by atoms with Crippen LogP contribution in [0.2, 0.25) is 0 Å². The fourth-order valence-corrected chi connectivity index (χ4v) is 1.83. The van der Waals surface area contributed by atoms with E-state index in [1.54, 1.807) is 6.07 Å². The first-order valence-electron chi connectivity index (χ1n) is 4.60. The predicted molar refractivity (Wildman–Crippen MR) is 55.0 cm³/mol. The summed E-state index contributed by atoms with van der Waals surface area (Å²) in [6.07, 6.45) is -3.61. The second-order valence-corrected chi connectivity index (χ2v) is 4.14. The zero-order valence-corrected chi connectivity index (χ0v) is 9.32. The number of hydrogen-bond donors (Lipinski definition) is 0. The van der Waals surface area contributed by atoms with Gasteiger partial charge in [0.2, 0.25) is 0 Å². The van der Waals surface area contributed by atoms with Crippen molar-refractivity contribution in [3.63, 3.8) is 0 Å². The summed E-state index contributed by atoms with van der Waals surface area (Å²) in [4.78, 5) is 3.81. The zero-order valence-electron chi connectivity index (χ0n) is 8.51. The molecule has 86 valence electrons. The highest BCUT2D eigenvalue weighted by Gasteiger charge is 2.33. The molecule has 0 atom stereocenters. The van der Waals surface area contributed by atoms with Crippen LogP contribution in [0.15, 0.2) is 17.0 Å². The molecule has 1 aromatic heterocycles. The molecule has 0 saturated carbocycles. The van der Waals surface area contributed by atoms with Gasteiger partial charge in [0, 0.05) is 4.90 Å². The Kier molecular flexibility index (Phi) is 4.19. The first kappa shape index (κ1) is 12.8. The first-order chi connectivity index (χ1) is 7.49. The van der Waals surface area contributed by atoms with Gasteiger partial charge < -0.3 is 0 Å². The van der Waals surface area contributed by atoms with Crippen molar-refractivity contribution in [1.82, 2.24) is 4.98 Å². The maximum absolute atomic E-state index is 12.3. The standard InChI is InChI=1S/C10H9F3N2S/c1-2-5-16-8-3-4-9(10(11,12)13)15-7(8)6-14/h3-4H,2,5H2,1H3. The van der Waals surface area contributed by atoms with Crippen LogP contribution in [0, 0.1) is 11.3 Å². The number of nitriles is 1. The van der Waals surface area contributed by atoms with Gasteiger partial charge in [-0.25, -0.2) is 4.98 Å². The molecule has 0 aromatic carbocycles. The monoisotopic (exact) mass is 246 g/mol. The summed E-state index contributed by atoms with van der Waals surface area (Å²) >= 11 is 1.34. The van der Waals surface area contributed by atoms with Gasteiger partial charge in [-0.1, -0.05) is 6.92 Å².